The van der Waals surface area contributed by atoms with Crippen molar-refractivity contribution in [3.05, 3.63) is 12.0 Å². The van der Waals surface area contributed by atoms with Gasteiger partial charge in [-0.05, 0) is 0 Å². The van der Waals surface area contributed by atoms with Crippen molar-refractivity contribution in [3.63, 3.8) is 0 Å². The third-order valence-electron chi connectivity index (χ3n) is 1.04. The summed E-state index contributed by atoms with van der Waals surface area (Å²) in [6, 6.07) is 0. The van der Waals surface area contributed by atoms with Crippen LogP contribution in [0.1, 0.15) is 6.42 Å². The van der Waals surface area contributed by atoms with Crippen molar-refractivity contribution in [1.82, 2.24) is 5.32 Å². The zero-order chi connectivity index (χ0) is 5.11. The second-order valence-electron chi connectivity index (χ2n) is 1.52. The minimum Gasteiger partial charge on any atom is -0.500 e. The summed E-state index contributed by atoms with van der Waals surface area (Å²) in [7, 11) is 1.69. The van der Waals surface area contributed by atoms with Gasteiger partial charge in [0.05, 0.1) is 7.11 Å². The van der Waals surface area contributed by atoms with Gasteiger partial charge >= 0.3 is 0 Å². The fourth-order valence-corrected chi connectivity index (χ4v) is 0.615. The molecular formula is C5H9NO. The summed E-state index contributed by atoms with van der Waals surface area (Å²) in [6.07, 6.45) is 2.94. The Hall–Kier alpha value is -0.660. The van der Waals surface area contributed by atoms with Crippen molar-refractivity contribution >= 4 is 0 Å². The lowest BCUT2D eigenvalue weighted by Gasteiger charge is -1.92. The lowest BCUT2D eigenvalue weighted by atomic mass is 10.4. The van der Waals surface area contributed by atoms with E-state index in [1.165, 1.54) is 0 Å². The van der Waals surface area contributed by atoms with Crippen LogP contribution < -0.4 is 5.32 Å². The maximum atomic E-state index is 4.91. The predicted octanol–water partition coefficient (Wildman–Crippen LogP) is 0.467. The van der Waals surface area contributed by atoms with Gasteiger partial charge in [-0.3, -0.25) is 0 Å². The van der Waals surface area contributed by atoms with E-state index in [1.807, 2.05) is 6.20 Å². The molecule has 1 aliphatic rings. The zero-order valence-electron chi connectivity index (χ0n) is 4.40. The Bertz CT molecular complexity index is 88.1. The minimum absolute atomic E-state index is 1.03. The van der Waals surface area contributed by atoms with Crippen LogP contribution in [0.2, 0.25) is 0 Å². The molecule has 0 aliphatic carbocycles. The van der Waals surface area contributed by atoms with Crippen LogP contribution in [-0.2, 0) is 4.74 Å². The van der Waals surface area contributed by atoms with E-state index in [1.54, 1.807) is 7.11 Å². The van der Waals surface area contributed by atoms with E-state index in [-0.39, 0.29) is 0 Å². The molecule has 0 spiro atoms. The van der Waals surface area contributed by atoms with E-state index in [0.717, 1.165) is 18.7 Å². The van der Waals surface area contributed by atoms with E-state index >= 15 is 0 Å². The Balaban J connectivity index is 2.36. The summed E-state index contributed by atoms with van der Waals surface area (Å²) in [5.74, 6) is 1.06. The van der Waals surface area contributed by atoms with Gasteiger partial charge in [0.25, 0.3) is 0 Å². The van der Waals surface area contributed by atoms with Crippen molar-refractivity contribution < 1.29 is 4.74 Å². The highest BCUT2D eigenvalue weighted by Gasteiger charge is 1.99. The average Bonchev–Trinajstić information content (AvgIpc) is 2.14. The molecule has 1 aliphatic heterocycles. The molecule has 0 saturated heterocycles. The number of ether oxygens (including phenoxy) is 1. The molecule has 0 radical (unpaired) electrons. The van der Waals surface area contributed by atoms with Gasteiger partial charge in [-0.2, -0.15) is 0 Å². The first-order valence-corrected chi connectivity index (χ1v) is 2.40. The van der Waals surface area contributed by atoms with E-state index in [0.29, 0.717) is 0 Å². The third-order valence-corrected chi connectivity index (χ3v) is 1.04. The molecule has 0 aromatic heterocycles. The van der Waals surface area contributed by atoms with Crippen LogP contribution >= 0.6 is 0 Å². The van der Waals surface area contributed by atoms with Crippen LogP contribution in [0.4, 0.5) is 0 Å². The number of hydrogen-bond acceptors (Lipinski definition) is 2. The van der Waals surface area contributed by atoms with Crippen molar-refractivity contribution in [1.29, 1.82) is 0 Å². The molecule has 2 heteroatoms. The Morgan fingerprint density at radius 2 is 2.71 bits per heavy atom. The van der Waals surface area contributed by atoms with E-state index in [9.17, 15) is 0 Å². The van der Waals surface area contributed by atoms with Gasteiger partial charge < -0.3 is 10.1 Å². The second kappa shape index (κ2) is 1.87. The van der Waals surface area contributed by atoms with Crippen LogP contribution in [-0.4, -0.2) is 13.7 Å². The largest absolute Gasteiger partial charge is 0.500 e. The number of rotatable bonds is 1. The SMILES string of the molecule is COC1=CNCC1. The Labute approximate surface area is 43.2 Å². The Morgan fingerprint density at radius 1 is 1.86 bits per heavy atom. The fourth-order valence-electron chi connectivity index (χ4n) is 0.615. The fraction of sp³-hybridized carbons (Fsp3) is 0.600. The molecule has 1 N–H and O–H groups in total. The number of hydrogen-bond donors (Lipinski definition) is 1. The molecule has 2 nitrogen and oxygen atoms in total. The first-order chi connectivity index (χ1) is 3.43. The minimum atomic E-state index is 1.03. The molecule has 0 aromatic rings. The highest BCUT2D eigenvalue weighted by molar-refractivity contribution is 4.97. The predicted molar refractivity (Wildman–Crippen MR) is 27.7 cm³/mol. The lowest BCUT2D eigenvalue weighted by molar-refractivity contribution is 0.284. The Morgan fingerprint density at radius 3 is 3.00 bits per heavy atom. The molecule has 1 rings (SSSR count). The molecular weight excluding hydrogens is 90.1 g/mol. The summed E-state index contributed by atoms with van der Waals surface area (Å²) < 4.78 is 4.91. The highest BCUT2D eigenvalue weighted by atomic mass is 16.5. The quantitative estimate of drug-likeness (QED) is 0.516. The van der Waals surface area contributed by atoms with E-state index in [4.69, 9.17) is 4.74 Å². The van der Waals surface area contributed by atoms with Gasteiger partial charge in [-0.15, -0.1) is 0 Å². The first-order valence-electron chi connectivity index (χ1n) is 2.40. The standard InChI is InChI=1S/C5H9NO/c1-7-5-2-3-6-4-5/h4,6H,2-3H2,1H3. The van der Waals surface area contributed by atoms with Crippen molar-refractivity contribution in [2.75, 3.05) is 13.7 Å². The number of nitrogens with one attached hydrogen (secondary N) is 1. The maximum absolute atomic E-state index is 4.91. The van der Waals surface area contributed by atoms with Crippen molar-refractivity contribution in [2.24, 2.45) is 0 Å². The smallest absolute Gasteiger partial charge is 0.113 e. The molecule has 0 aromatic carbocycles. The van der Waals surface area contributed by atoms with Crippen LogP contribution in [0.3, 0.4) is 0 Å². The third kappa shape index (κ3) is 0.856. The van der Waals surface area contributed by atoms with Crippen molar-refractivity contribution in [3.8, 4) is 0 Å². The van der Waals surface area contributed by atoms with E-state index < -0.39 is 0 Å². The van der Waals surface area contributed by atoms with Crippen LogP contribution in [0.25, 0.3) is 0 Å². The summed E-state index contributed by atoms with van der Waals surface area (Å²) >= 11 is 0. The molecule has 7 heavy (non-hydrogen) atoms. The van der Waals surface area contributed by atoms with Gasteiger partial charge in [0.2, 0.25) is 0 Å². The van der Waals surface area contributed by atoms with Gasteiger partial charge in [-0.1, -0.05) is 0 Å². The maximum Gasteiger partial charge on any atom is 0.113 e. The van der Waals surface area contributed by atoms with Gasteiger partial charge in [0.1, 0.15) is 5.76 Å². The highest BCUT2D eigenvalue weighted by Crippen LogP contribution is 2.03. The van der Waals surface area contributed by atoms with Gasteiger partial charge in [0, 0.05) is 19.2 Å². The first kappa shape index (κ1) is 4.50. The summed E-state index contributed by atoms with van der Waals surface area (Å²) in [5.41, 5.74) is 0. The molecule has 1 heterocycles. The Kier molecular flexibility index (Phi) is 1.20. The molecule has 40 valence electrons. The normalized spacial score (nSPS) is 18.1. The van der Waals surface area contributed by atoms with Crippen molar-refractivity contribution in [2.45, 2.75) is 6.42 Å². The topological polar surface area (TPSA) is 21.3 Å². The molecule has 0 unspecified atom stereocenters. The summed E-state index contributed by atoms with van der Waals surface area (Å²) in [5, 5.41) is 3.04. The second-order valence-corrected chi connectivity index (χ2v) is 1.52. The van der Waals surface area contributed by atoms with Crippen LogP contribution in [0, 0.1) is 0 Å². The summed E-state index contributed by atoms with van der Waals surface area (Å²) in [4.78, 5) is 0. The molecule has 0 saturated carbocycles. The van der Waals surface area contributed by atoms with E-state index in [2.05, 4.69) is 5.32 Å². The molecule has 0 fully saturated rings. The molecule has 0 atom stereocenters. The average molecular weight is 99.1 g/mol. The van der Waals surface area contributed by atoms with Gasteiger partial charge in [-0.25, -0.2) is 0 Å². The monoisotopic (exact) mass is 99.1 g/mol. The molecule has 0 bridgehead atoms. The summed E-state index contributed by atoms with van der Waals surface area (Å²) in [6.45, 7) is 1.03. The zero-order valence-corrected chi connectivity index (χ0v) is 4.40. The molecule has 0 amide bonds. The van der Waals surface area contributed by atoms with Gasteiger partial charge in [0.15, 0.2) is 0 Å². The van der Waals surface area contributed by atoms with Crippen LogP contribution in [0.15, 0.2) is 12.0 Å². The lowest BCUT2D eigenvalue weighted by Crippen LogP contribution is -1.96. The van der Waals surface area contributed by atoms with Crippen LogP contribution in [0.5, 0.6) is 0 Å². The number of methoxy groups -OCH3 is 1.